The van der Waals surface area contributed by atoms with Gasteiger partial charge in [-0.1, -0.05) is 37.3 Å². The fourth-order valence-electron chi connectivity index (χ4n) is 2.89. The zero-order valence-corrected chi connectivity index (χ0v) is 12.5. The van der Waals surface area contributed by atoms with Gasteiger partial charge >= 0.3 is 5.97 Å². The maximum absolute atomic E-state index is 12.0. The van der Waals surface area contributed by atoms with Gasteiger partial charge in [0, 0.05) is 6.54 Å². The van der Waals surface area contributed by atoms with Crippen LogP contribution in [0.25, 0.3) is 0 Å². The van der Waals surface area contributed by atoms with Crippen molar-refractivity contribution in [2.75, 3.05) is 6.54 Å². The van der Waals surface area contributed by atoms with Crippen molar-refractivity contribution in [3.8, 4) is 0 Å². The van der Waals surface area contributed by atoms with Gasteiger partial charge in [0.25, 0.3) is 0 Å². The Kier molecular flexibility index (Phi) is 4.99. The fraction of sp³-hybridized carbons (Fsp3) is 0.529. The summed E-state index contributed by atoms with van der Waals surface area (Å²) in [6, 6.07) is 9.49. The zero-order chi connectivity index (χ0) is 15.3. The van der Waals surface area contributed by atoms with Crippen molar-refractivity contribution < 1.29 is 14.7 Å². The third-order valence-corrected chi connectivity index (χ3v) is 4.52. The first-order valence-electron chi connectivity index (χ1n) is 7.56. The summed E-state index contributed by atoms with van der Waals surface area (Å²) in [5.74, 6) is -0.313. The smallest absolute Gasteiger partial charge is 0.311 e. The molecule has 0 spiro atoms. The number of rotatable bonds is 5. The van der Waals surface area contributed by atoms with E-state index in [1.165, 1.54) is 0 Å². The molecule has 114 valence electrons. The summed E-state index contributed by atoms with van der Waals surface area (Å²) in [4.78, 5) is 23.6. The van der Waals surface area contributed by atoms with Crippen LogP contribution in [0.4, 0.5) is 0 Å². The number of hydrogen-bond acceptors (Lipinski definition) is 2. The van der Waals surface area contributed by atoms with E-state index >= 15 is 0 Å². The lowest BCUT2D eigenvalue weighted by Gasteiger charge is -2.35. The molecule has 0 aliphatic heterocycles. The maximum Gasteiger partial charge on any atom is 0.311 e. The standard InChI is InChI=1S/C17H23NO3/c1-13-7-9-17(10-8-13,16(20)21)12-18-15(19)11-14-5-3-2-4-6-14/h2-6,13H,7-12H2,1H3,(H,18,19)(H,20,21). The summed E-state index contributed by atoms with van der Waals surface area (Å²) in [5, 5.41) is 12.3. The zero-order valence-electron chi connectivity index (χ0n) is 12.5. The molecule has 21 heavy (non-hydrogen) atoms. The van der Waals surface area contributed by atoms with Crippen molar-refractivity contribution in [1.29, 1.82) is 0 Å². The number of hydrogen-bond donors (Lipinski definition) is 2. The van der Waals surface area contributed by atoms with Crippen LogP contribution in [0, 0.1) is 11.3 Å². The number of nitrogens with one attached hydrogen (secondary N) is 1. The Morgan fingerprint density at radius 2 is 1.86 bits per heavy atom. The predicted octanol–water partition coefficient (Wildman–Crippen LogP) is 2.63. The van der Waals surface area contributed by atoms with Crippen LogP contribution in [0.3, 0.4) is 0 Å². The highest BCUT2D eigenvalue weighted by Crippen LogP contribution is 2.38. The Morgan fingerprint density at radius 3 is 2.43 bits per heavy atom. The number of carboxylic acids is 1. The van der Waals surface area contributed by atoms with Crippen LogP contribution < -0.4 is 5.32 Å². The minimum absolute atomic E-state index is 0.111. The van der Waals surface area contributed by atoms with E-state index in [9.17, 15) is 14.7 Å². The molecule has 0 aromatic heterocycles. The van der Waals surface area contributed by atoms with E-state index in [4.69, 9.17) is 0 Å². The van der Waals surface area contributed by atoms with E-state index in [2.05, 4.69) is 12.2 Å². The minimum atomic E-state index is -0.783. The molecule has 4 heteroatoms. The third-order valence-electron chi connectivity index (χ3n) is 4.52. The average Bonchev–Trinajstić information content (AvgIpc) is 2.48. The van der Waals surface area contributed by atoms with Crippen LogP contribution in [-0.2, 0) is 16.0 Å². The van der Waals surface area contributed by atoms with Crippen LogP contribution in [0.2, 0.25) is 0 Å². The second-order valence-corrected chi connectivity index (χ2v) is 6.21. The molecule has 4 nitrogen and oxygen atoms in total. The number of carbonyl (C=O) groups is 2. The Morgan fingerprint density at radius 1 is 1.24 bits per heavy atom. The molecule has 0 saturated heterocycles. The molecule has 1 aliphatic carbocycles. The Bertz CT molecular complexity index is 490. The SMILES string of the molecule is CC1CCC(CNC(=O)Cc2ccccc2)(C(=O)O)CC1. The van der Waals surface area contributed by atoms with E-state index in [0.29, 0.717) is 25.2 Å². The average molecular weight is 289 g/mol. The maximum atomic E-state index is 12.0. The molecule has 0 atom stereocenters. The lowest BCUT2D eigenvalue weighted by atomic mass is 9.71. The first-order chi connectivity index (χ1) is 10.0. The highest BCUT2D eigenvalue weighted by molar-refractivity contribution is 5.80. The number of carbonyl (C=O) groups excluding carboxylic acids is 1. The van der Waals surface area contributed by atoms with E-state index in [0.717, 1.165) is 18.4 Å². The van der Waals surface area contributed by atoms with Crippen molar-refractivity contribution in [2.45, 2.75) is 39.0 Å². The number of benzene rings is 1. The van der Waals surface area contributed by atoms with Gasteiger partial charge in [-0.15, -0.1) is 0 Å². The number of amides is 1. The van der Waals surface area contributed by atoms with Gasteiger partial charge in [-0.05, 0) is 37.2 Å². The first kappa shape index (κ1) is 15.5. The monoisotopic (exact) mass is 289 g/mol. The molecule has 0 bridgehead atoms. The highest BCUT2D eigenvalue weighted by atomic mass is 16.4. The fourth-order valence-corrected chi connectivity index (χ4v) is 2.89. The molecule has 2 N–H and O–H groups in total. The molecular weight excluding hydrogens is 266 g/mol. The molecular formula is C17H23NO3. The van der Waals surface area contributed by atoms with Gasteiger partial charge in [-0.2, -0.15) is 0 Å². The summed E-state index contributed by atoms with van der Waals surface area (Å²) >= 11 is 0. The highest BCUT2D eigenvalue weighted by Gasteiger charge is 2.41. The van der Waals surface area contributed by atoms with Gasteiger partial charge in [-0.25, -0.2) is 0 Å². The van der Waals surface area contributed by atoms with Crippen LogP contribution in [0.5, 0.6) is 0 Å². The molecule has 1 aromatic carbocycles. The second-order valence-electron chi connectivity index (χ2n) is 6.21. The molecule has 1 amide bonds. The van der Waals surface area contributed by atoms with E-state index < -0.39 is 11.4 Å². The summed E-state index contributed by atoms with van der Waals surface area (Å²) in [7, 11) is 0. The molecule has 1 fully saturated rings. The summed E-state index contributed by atoms with van der Waals surface area (Å²) < 4.78 is 0. The van der Waals surface area contributed by atoms with Crippen molar-refractivity contribution in [1.82, 2.24) is 5.32 Å². The normalized spacial score (nSPS) is 25.3. The van der Waals surface area contributed by atoms with Gasteiger partial charge in [0.1, 0.15) is 0 Å². The number of aliphatic carboxylic acids is 1. The van der Waals surface area contributed by atoms with Crippen molar-refractivity contribution in [2.24, 2.45) is 11.3 Å². The van der Waals surface area contributed by atoms with E-state index in [1.54, 1.807) is 0 Å². The van der Waals surface area contributed by atoms with E-state index in [-0.39, 0.29) is 12.5 Å². The Hall–Kier alpha value is -1.84. The third kappa shape index (κ3) is 4.06. The lowest BCUT2D eigenvalue weighted by molar-refractivity contribution is -0.151. The van der Waals surface area contributed by atoms with Crippen molar-refractivity contribution in [3.05, 3.63) is 35.9 Å². The first-order valence-corrected chi connectivity index (χ1v) is 7.56. The molecule has 1 saturated carbocycles. The van der Waals surface area contributed by atoms with Crippen LogP contribution in [-0.4, -0.2) is 23.5 Å². The van der Waals surface area contributed by atoms with Crippen molar-refractivity contribution >= 4 is 11.9 Å². The van der Waals surface area contributed by atoms with Crippen LogP contribution >= 0.6 is 0 Å². The molecule has 1 aliphatic rings. The molecule has 0 unspecified atom stereocenters. The van der Waals surface area contributed by atoms with Gasteiger partial charge < -0.3 is 10.4 Å². The summed E-state index contributed by atoms with van der Waals surface area (Å²) in [6.45, 7) is 2.39. The van der Waals surface area contributed by atoms with Gasteiger partial charge in [0.05, 0.1) is 11.8 Å². The second kappa shape index (κ2) is 6.74. The molecule has 2 rings (SSSR count). The van der Waals surface area contributed by atoms with Crippen LogP contribution in [0.15, 0.2) is 30.3 Å². The summed E-state index contributed by atoms with van der Waals surface area (Å²) in [6.07, 6.45) is 3.43. The summed E-state index contributed by atoms with van der Waals surface area (Å²) in [5.41, 5.74) is 0.162. The minimum Gasteiger partial charge on any atom is -0.481 e. The largest absolute Gasteiger partial charge is 0.481 e. The van der Waals surface area contributed by atoms with Gasteiger partial charge in [-0.3, -0.25) is 9.59 Å². The lowest BCUT2D eigenvalue weighted by Crippen LogP contribution is -2.45. The van der Waals surface area contributed by atoms with Crippen LogP contribution in [0.1, 0.15) is 38.2 Å². The molecule has 0 heterocycles. The molecule has 0 radical (unpaired) electrons. The van der Waals surface area contributed by atoms with Gasteiger partial charge in [0.2, 0.25) is 5.91 Å². The Labute approximate surface area is 125 Å². The van der Waals surface area contributed by atoms with Gasteiger partial charge in [0.15, 0.2) is 0 Å². The predicted molar refractivity (Wildman–Crippen MR) is 80.9 cm³/mol. The quantitative estimate of drug-likeness (QED) is 0.875. The number of carboxylic acid groups (broad SMARTS) is 1. The topological polar surface area (TPSA) is 66.4 Å². The van der Waals surface area contributed by atoms with Crippen molar-refractivity contribution in [3.63, 3.8) is 0 Å². The Balaban J connectivity index is 1.90. The molecule has 1 aromatic rings. The van der Waals surface area contributed by atoms with E-state index in [1.807, 2.05) is 30.3 Å².